The molecule has 28 heavy (non-hydrogen) atoms. The fourth-order valence-corrected chi connectivity index (χ4v) is 3.59. The number of amides is 1. The van der Waals surface area contributed by atoms with Crippen LogP contribution in [-0.2, 0) is 9.53 Å². The van der Waals surface area contributed by atoms with Crippen molar-refractivity contribution in [2.24, 2.45) is 5.92 Å². The normalized spacial score (nSPS) is 18.5. The van der Waals surface area contributed by atoms with Gasteiger partial charge in [-0.1, -0.05) is 0 Å². The quantitative estimate of drug-likeness (QED) is 0.815. The number of aromatic nitrogens is 3. The third-order valence-corrected chi connectivity index (χ3v) is 5.33. The molecule has 2 aliphatic rings. The zero-order chi connectivity index (χ0) is 19.5. The summed E-state index contributed by atoms with van der Waals surface area (Å²) in [5.41, 5.74) is 2.04. The maximum atomic E-state index is 12.5. The van der Waals surface area contributed by atoms with Gasteiger partial charge in [0.05, 0.1) is 30.2 Å². The van der Waals surface area contributed by atoms with E-state index in [1.807, 2.05) is 6.07 Å². The average molecular weight is 385 g/mol. The van der Waals surface area contributed by atoms with Gasteiger partial charge in [0.25, 0.3) is 0 Å². The van der Waals surface area contributed by atoms with Crippen LogP contribution in [0.4, 0.5) is 11.6 Å². The van der Waals surface area contributed by atoms with Gasteiger partial charge < -0.3 is 15.2 Å². The van der Waals surface area contributed by atoms with Crippen molar-refractivity contribution in [3.63, 3.8) is 0 Å². The molecule has 2 N–H and O–H groups in total. The Hall–Kier alpha value is -2.58. The summed E-state index contributed by atoms with van der Waals surface area (Å²) in [6, 6.07) is 3.63. The molecule has 0 aromatic carbocycles. The lowest BCUT2D eigenvalue weighted by Crippen LogP contribution is -2.42. The lowest BCUT2D eigenvalue weighted by molar-refractivity contribution is -0.117. The Morgan fingerprint density at radius 1 is 1.32 bits per heavy atom. The lowest BCUT2D eigenvalue weighted by atomic mass is 9.96. The zero-order valence-electron chi connectivity index (χ0n) is 16.0. The predicted molar refractivity (Wildman–Crippen MR) is 107 cm³/mol. The van der Waals surface area contributed by atoms with Gasteiger partial charge in [0, 0.05) is 32.9 Å². The second-order valence-electron chi connectivity index (χ2n) is 7.32. The van der Waals surface area contributed by atoms with E-state index in [9.17, 15) is 9.90 Å². The van der Waals surface area contributed by atoms with Crippen molar-refractivity contribution in [2.75, 3.05) is 36.5 Å². The number of hydrogen-bond acceptors (Lipinski definition) is 7. The van der Waals surface area contributed by atoms with E-state index in [4.69, 9.17) is 9.72 Å². The van der Waals surface area contributed by atoms with Gasteiger partial charge in [-0.15, -0.1) is 0 Å². The maximum Gasteiger partial charge on any atom is 0.247 e. The maximum absolute atomic E-state index is 12.5. The highest BCUT2D eigenvalue weighted by molar-refractivity contribution is 6.00. The largest absolute Gasteiger partial charge is 0.387 e. The van der Waals surface area contributed by atoms with E-state index < -0.39 is 6.10 Å². The fourth-order valence-electron chi connectivity index (χ4n) is 3.59. The number of aliphatic hydroxyl groups excluding tert-OH is 1. The highest BCUT2D eigenvalue weighted by atomic mass is 16.5. The first-order valence-electron chi connectivity index (χ1n) is 9.75. The van der Waals surface area contributed by atoms with Gasteiger partial charge in [0.15, 0.2) is 11.6 Å². The van der Waals surface area contributed by atoms with Crippen LogP contribution in [-0.4, -0.2) is 52.3 Å². The first kappa shape index (κ1) is 18.8. The van der Waals surface area contributed by atoms with Gasteiger partial charge in [-0.25, -0.2) is 9.97 Å². The molecule has 1 amide bonds. The number of carbonyl (C=O) groups excluding carboxylic acids is 1. The van der Waals surface area contributed by atoms with Crippen molar-refractivity contribution in [1.29, 1.82) is 0 Å². The SMILES string of the molecule is C[C@H](O)c1ccc(-c2cnc3c(n2)N(CCC2CCOCC2)C(=O)CN3)cn1.[HH]. The molecule has 2 aromatic heterocycles. The molecule has 1 atom stereocenters. The van der Waals surface area contributed by atoms with E-state index in [1.54, 1.807) is 30.3 Å². The van der Waals surface area contributed by atoms with E-state index in [-0.39, 0.29) is 13.9 Å². The molecular formula is C20H27N5O3. The Morgan fingerprint density at radius 2 is 2.14 bits per heavy atom. The van der Waals surface area contributed by atoms with Gasteiger partial charge in [-0.3, -0.25) is 14.7 Å². The van der Waals surface area contributed by atoms with Gasteiger partial charge in [0.2, 0.25) is 5.91 Å². The summed E-state index contributed by atoms with van der Waals surface area (Å²) in [4.78, 5) is 27.7. The number of carbonyl (C=O) groups is 1. The van der Waals surface area contributed by atoms with E-state index in [0.717, 1.165) is 38.0 Å². The minimum atomic E-state index is -0.619. The third kappa shape index (κ3) is 3.98. The number of hydrogen-bond donors (Lipinski definition) is 2. The molecule has 0 aliphatic carbocycles. The Labute approximate surface area is 165 Å². The van der Waals surface area contributed by atoms with Crippen molar-refractivity contribution < 1.29 is 16.1 Å². The number of anilines is 2. The van der Waals surface area contributed by atoms with Crippen LogP contribution in [0.25, 0.3) is 11.3 Å². The molecular weight excluding hydrogens is 358 g/mol. The minimum Gasteiger partial charge on any atom is -0.387 e. The van der Waals surface area contributed by atoms with Crippen LogP contribution in [0.2, 0.25) is 0 Å². The molecule has 0 bridgehead atoms. The van der Waals surface area contributed by atoms with Crippen molar-refractivity contribution >= 4 is 17.5 Å². The highest BCUT2D eigenvalue weighted by Crippen LogP contribution is 2.30. The van der Waals surface area contributed by atoms with Crippen LogP contribution in [0, 0.1) is 5.92 Å². The summed E-state index contributed by atoms with van der Waals surface area (Å²) >= 11 is 0. The summed E-state index contributed by atoms with van der Waals surface area (Å²) in [5, 5.41) is 12.7. The van der Waals surface area contributed by atoms with E-state index in [2.05, 4.69) is 15.3 Å². The third-order valence-electron chi connectivity index (χ3n) is 5.33. The molecule has 4 heterocycles. The Balaban J connectivity index is 0.00000240. The van der Waals surface area contributed by atoms with Crippen LogP contribution in [0.3, 0.4) is 0 Å². The van der Waals surface area contributed by atoms with Gasteiger partial charge in [-0.05, 0) is 44.2 Å². The van der Waals surface area contributed by atoms with Crippen molar-refractivity contribution in [3.8, 4) is 11.3 Å². The summed E-state index contributed by atoms with van der Waals surface area (Å²) in [6.45, 7) is 4.15. The fraction of sp³-hybridized carbons (Fsp3) is 0.500. The van der Waals surface area contributed by atoms with Gasteiger partial charge in [0.1, 0.15) is 0 Å². The molecule has 2 aromatic rings. The number of nitrogens with zero attached hydrogens (tertiary/aromatic N) is 4. The predicted octanol–water partition coefficient (Wildman–Crippen LogP) is 2.41. The monoisotopic (exact) mass is 385 g/mol. The Bertz CT molecular complexity index is 841. The van der Waals surface area contributed by atoms with Crippen LogP contribution in [0.1, 0.15) is 39.4 Å². The van der Waals surface area contributed by atoms with Gasteiger partial charge in [-0.2, -0.15) is 0 Å². The number of pyridine rings is 1. The topological polar surface area (TPSA) is 100 Å². The number of ether oxygens (including phenoxy) is 1. The molecule has 150 valence electrons. The van der Waals surface area contributed by atoms with Crippen molar-refractivity contribution in [2.45, 2.75) is 32.3 Å². The number of nitrogens with one attached hydrogen (secondary N) is 1. The molecule has 1 fully saturated rings. The van der Waals surface area contributed by atoms with Crippen molar-refractivity contribution in [3.05, 3.63) is 30.2 Å². The second-order valence-corrected chi connectivity index (χ2v) is 7.32. The zero-order valence-corrected chi connectivity index (χ0v) is 16.0. The van der Waals surface area contributed by atoms with E-state index in [1.165, 1.54) is 0 Å². The van der Waals surface area contributed by atoms with Crippen LogP contribution in [0.5, 0.6) is 0 Å². The summed E-state index contributed by atoms with van der Waals surface area (Å²) in [5.74, 6) is 1.78. The number of aliphatic hydroxyl groups is 1. The number of rotatable bonds is 5. The molecule has 4 rings (SSSR count). The molecule has 0 saturated carbocycles. The molecule has 0 radical (unpaired) electrons. The summed E-state index contributed by atoms with van der Waals surface area (Å²) in [7, 11) is 0. The van der Waals surface area contributed by atoms with E-state index >= 15 is 0 Å². The van der Waals surface area contributed by atoms with Crippen LogP contribution in [0.15, 0.2) is 24.5 Å². The van der Waals surface area contributed by atoms with Crippen LogP contribution >= 0.6 is 0 Å². The Morgan fingerprint density at radius 3 is 2.86 bits per heavy atom. The van der Waals surface area contributed by atoms with Crippen molar-refractivity contribution in [1.82, 2.24) is 15.0 Å². The molecule has 8 heteroatoms. The molecule has 2 aliphatic heterocycles. The standard InChI is InChI=1S/C20H25N5O3.H2/c1-13(26)16-3-2-15(10-21-16)17-11-22-19-20(24-17)25(18(27)12-23-19)7-4-14-5-8-28-9-6-14;/h2-3,10-11,13-14,26H,4-9,12H2,1H3,(H,22,23);1H/t13-;/m0./s1. The molecule has 1 saturated heterocycles. The van der Waals surface area contributed by atoms with Crippen LogP contribution < -0.4 is 10.2 Å². The average Bonchev–Trinajstić information content (AvgIpc) is 2.73. The second kappa shape index (κ2) is 8.20. The first-order chi connectivity index (χ1) is 13.6. The summed E-state index contributed by atoms with van der Waals surface area (Å²) in [6.07, 6.45) is 5.75. The molecule has 0 spiro atoms. The smallest absolute Gasteiger partial charge is 0.247 e. The minimum absolute atomic E-state index is 0. The van der Waals surface area contributed by atoms with E-state index in [0.29, 0.717) is 35.5 Å². The first-order valence-corrected chi connectivity index (χ1v) is 9.75. The lowest BCUT2D eigenvalue weighted by Gasteiger charge is -2.30. The van der Waals surface area contributed by atoms with Gasteiger partial charge >= 0.3 is 0 Å². The highest BCUT2D eigenvalue weighted by Gasteiger charge is 2.28. The number of fused-ring (bicyclic) bond motifs is 1. The molecule has 8 nitrogen and oxygen atoms in total. The summed E-state index contributed by atoms with van der Waals surface area (Å²) < 4.78 is 5.42. The Kier molecular flexibility index (Phi) is 5.50. The molecule has 0 unspecified atom stereocenters.